The summed E-state index contributed by atoms with van der Waals surface area (Å²) in [5.74, 6) is 4.86. The van der Waals surface area contributed by atoms with Crippen molar-refractivity contribution in [2.45, 2.75) is 68.1 Å². The van der Waals surface area contributed by atoms with E-state index in [1.807, 2.05) is 16.7 Å². The van der Waals surface area contributed by atoms with Crippen molar-refractivity contribution in [1.82, 2.24) is 0 Å². The van der Waals surface area contributed by atoms with E-state index in [9.17, 15) is 9.90 Å². The van der Waals surface area contributed by atoms with E-state index in [-0.39, 0.29) is 17.3 Å². The van der Waals surface area contributed by atoms with E-state index < -0.39 is 5.97 Å². The predicted molar refractivity (Wildman–Crippen MR) is 200 cm³/mol. The van der Waals surface area contributed by atoms with Crippen LogP contribution in [0.25, 0.3) is 44.2 Å². The van der Waals surface area contributed by atoms with Crippen molar-refractivity contribution < 1.29 is 9.90 Å². The second-order valence-electron chi connectivity index (χ2n) is 20.0. The van der Waals surface area contributed by atoms with E-state index in [1.54, 1.807) is 99.2 Å². The number of carbonyl (C=O) groups is 1. The van der Waals surface area contributed by atoms with Crippen molar-refractivity contribution in [2.24, 2.45) is 47.3 Å². The van der Waals surface area contributed by atoms with Crippen LogP contribution in [0.5, 0.6) is 0 Å². The fourth-order valence-electron chi connectivity index (χ4n) is 18.6. The maximum absolute atomic E-state index is 12.1. The molecule has 0 heterocycles. The number of aliphatic carboxylic acids is 1. The topological polar surface area (TPSA) is 37.3 Å². The summed E-state index contributed by atoms with van der Waals surface area (Å²) in [6.45, 7) is 0. The molecule has 0 aliphatic heterocycles. The Morgan fingerprint density at radius 3 is 2.60 bits per heavy atom. The maximum Gasteiger partial charge on any atom is 0.303 e. The van der Waals surface area contributed by atoms with Crippen LogP contribution in [0.4, 0.5) is 0 Å². The lowest BCUT2D eigenvalue weighted by Gasteiger charge is -2.44. The standard InChI is InChI=1S/C50H34O2/c51-26(52)7-4-8-49(24-5-2-1-3-6-24)48-25-15-22-13-19-11-20-10-17-9-18-12-21-14-23-16-50(48,49)47-33(23)38-32(21)37-28(18)27(17)35-31(20)36-29(19)30(22)39-34(25)46(47)45-43(38)41(37)40(35)42(36)44(39)45/h1-3,5-6,11,14-15,17-18,20,22-23,27,30-31,48H,4,7-10,12-13,16H2,(H,51,52)/t17-,18?,20?,22?,23?,27?,30?,31?,48?,49?,50?/m1/s1. The second kappa shape index (κ2) is 6.76. The third-order valence-corrected chi connectivity index (χ3v) is 19.0. The molecule has 0 amide bonds. The molecule has 3 aromatic carbocycles. The molecule has 246 valence electrons. The molecule has 52 heavy (non-hydrogen) atoms. The highest BCUT2D eigenvalue weighted by Crippen LogP contribution is 2.87. The smallest absolute Gasteiger partial charge is 0.303 e. The highest BCUT2D eigenvalue weighted by molar-refractivity contribution is 6.32. The number of carboxylic acid groups (broad SMARTS) is 1. The fraction of sp³-hybridized carbons (Fsp3) is 0.380. The van der Waals surface area contributed by atoms with Crippen LogP contribution in [0.15, 0.2) is 76.4 Å². The van der Waals surface area contributed by atoms with Gasteiger partial charge >= 0.3 is 5.97 Å². The molecule has 4 fully saturated rings. The van der Waals surface area contributed by atoms with Crippen molar-refractivity contribution >= 4 is 50.2 Å². The van der Waals surface area contributed by atoms with Crippen molar-refractivity contribution in [3.8, 4) is 0 Å². The van der Waals surface area contributed by atoms with E-state index in [0.717, 1.165) is 24.7 Å². The van der Waals surface area contributed by atoms with Gasteiger partial charge in [-0.1, -0.05) is 54.1 Å². The molecule has 0 radical (unpaired) electrons. The Labute approximate surface area is 300 Å². The van der Waals surface area contributed by atoms with Gasteiger partial charge in [-0.25, -0.2) is 0 Å². The molecule has 2 nitrogen and oxygen atoms in total. The van der Waals surface area contributed by atoms with Crippen LogP contribution in [0.2, 0.25) is 0 Å². The summed E-state index contributed by atoms with van der Waals surface area (Å²) < 4.78 is 0. The van der Waals surface area contributed by atoms with Gasteiger partial charge in [0.1, 0.15) is 0 Å². The van der Waals surface area contributed by atoms with Gasteiger partial charge in [0.05, 0.1) is 0 Å². The molecule has 10 unspecified atom stereocenters. The van der Waals surface area contributed by atoms with Gasteiger partial charge in [0.25, 0.3) is 0 Å². The number of benzene rings is 3. The molecule has 0 bridgehead atoms. The zero-order valence-corrected chi connectivity index (χ0v) is 28.8. The van der Waals surface area contributed by atoms with Gasteiger partial charge in [0, 0.05) is 46.8 Å². The summed E-state index contributed by atoms with van der Waals surface area (Å²) in [6, 6.07) is 11.6. The summed E-state index contributed by atoms with van der Waals surface area (Å²) >= 11 is 0. The van der Waals surface area contributed by atoms with E-state index in [0.29, 0.717) is 41.4 Å². The van der Waals surface area contributed by atoms with Gasteiger partial charge in [-0.15, -0.1) is 0 Å². The van der Waals surface area contributed by atoms with Crippen LogP contribution in [-0.2, 0) is 15.6 Å². The van der Waals surface area contributed by atoms with E-state index in [2.05, 4.69) is 48.6 Å². The first kappa shape index (κ1) is 24.7. The number of allylic oxidation sites excluding steroid dienone is 12. The first-order valence-corrected chi connectivity index (χ1v) is 20.8. The van der Waals surface area contributed by atoms with E-state index in [4.69, 9.17) is 0 Å². The summed E-state index contributed by atoms with van der Waals surface area (Å²) in [5, 5.41) is 16.9. The molecular formula is C50H34O2. The quantitative estimate of drug-likeness (QED) is 0.298. The average Bonchev–Trinajstić information content (AvgIpc) is 3.82. The van der Waals surface area contributed by atoms with Crippen molar-refractivity contribution in [3.05, 3.63) is 126 Å². The Morgan fingerprint density at radius 2 is 1.69 bits per heavy atom. The first-order chi connectivity index (χ1) is 25.6. The molecule has 11 atom stereocenters. The summed E-state index contributed by atoms with van der Waals surface area (Å²) in [7, 11) is 0. The lowest BCUT2D eigenvalue weighted by molar-refractivity contribution is -0.137. The third kappa shape index (κ3) is 1.89. The van der Waals surface area contributed by atoms with Crippen molar-refractivity contribution in [1.29, 1.82) is 0 Å². The predicted octanol–water partition coefficient (Wildman–Crippen LogP) is 8.24. The third-order valence-electron chi connectivity index (χ3n) is 19.0. The number of rotatable bonds is 5. The van der Waals surface area contributed by atoms with Gasteiger partial charge in [0.2, 0.25) is 0 Å². The Morgan fingerprint density at radius 1 is 0.769 bits per heavy atom. The van der Waals surface area contributed by atoms with Gasteiger partial charge < -0.3 is 5.11 Å². The molecule has 1 N–H and O–H groups in total. The molecular weight excluding hydrogens is 633 g/mol. The molecule has 15 aliphatic rings. The van der Waals surface area contributed by atoms with Gasteiger partial charge in [-0.3, -0.25) is 4.79 Å². The number of hydrogen-bond acceptors (Lipinski definition) is 1. The SMILES string of the molecule is O=C(O)CCCC1(c2ccccc2)C2C3=CC4CC5=CC6C[C@H]7CC8CC9=CC%10CC21c1c%10c2c%10c%11c%12c%13c%14c%10c1C3=C%14C4C5=C%13C6C=%12C7C8=C%11C=29. The molecule has 1 spiro atoms. The van der Waals surface area contributed by atoms with Gasteiger partial charge in [-0.2, -0.15) is 0 Å². The van der Waals surface area contributed by atoms with Crippen LogP contribution in [-0.4, -0.2) is 11.1 Å². The van der Waals surface area contributed by atoms with Crippen LogP contribution in [0, 0.1) is 47.3 Å². The fourth-order valence-corrected chi connectivity index (χ4v) is 18.6. The Kier molecular flexibility index (Phi) is 3.22. The number of fused-ring (bicyclic) bond motifs is 1. The monoisotopic (exact) mass is 666 g/mol. The number of hydrogen-bond donors (Lipinski definition) is 1. The molecule has 3 aromatic rings. The number of carboxylic acids is 1. The largest absolute Gasteiger partial charge is 0.481 e. The minimum absolute atomic E-state index is 0.0312. The van der Waals surface area contributed by atoms with Gasteiger partial charge in [-0.05, 0) is 185 Å². The first-order valence-electron chi connectivity index (χ1n) is 20.8. The highest BCUT2D eigenvalue weighted by Gasteiger charge is 2.83. The van der Waals surface area contributed by atoms with Crippen LogP contribution >= 0.6 is 0 Å². The van der Waals surface area contributed by atoms with E-state index in [1.165, 1.54) is 37.7 Å². The van der Waals surface area contributed by atoms with Crippen LogP contribution in [0.1, 0.15) is 96.2 Å². The molecule has 0 saturated heterocycles. The average molecular weight is 667 g/mol. The van der Waals surface area contributed by atoms with E-state index >= 15 is 0 Å². The molecule has 18 rings (SSSR count). The minimum atomic E-state index is -0.651. The summed E-state index contributed by atoms with van der Waals surface area (Å²) in [4.78, 5) is 12.1. The van der Waals surface area contributed by atoms with Crippen molar-refractivity contribution in [2.75, 3.05) is 0 Å². The van der Waals surface area contributed by atoms with Crippen LogP contribution < -0.4 is 10.4 Å². The zero-order chi connectivity index (χ0) is 32.8. The normalized spacial score (nSPS) is 42.6. The lowest BCUT2D eigenvalue weighted by Crippen LogP contribution is -2.35. The maximum atomic E-state index is 12.1. The second-order valence-corrected chi connectivity index (χ2v) is 20.0. The Hall–Kier alpha value is -4.43. The zero-order valence-electron chi connectivity index (χ0n) is 28.8. The van der Waals surface area contributed by atoms with Crippen LogP contribution in [0.3, 0.4) is 0 Å². The van der Waals surface area contributed by atoms with Crippen molar-refractivity contribution in [3.63, 3.8) is 0 Å². The lowest BCUT2D eigenvalue weighted by atomic mass is 9.59. The summed E-state index contributed by atoms with van der Waals surface area (Å²) in [5.41, 5.74) is 31.3. The molecule has 15 aliphatic carbocycles. The molecule has 2 heteroatoms. The molecule has 0 aromatic heterocycles. The summed E-state index contributed by atoms with van der Waals surface area (Å²) in [6.07, 6.45) is 17.0. The molecule has 4 saturated carbocycles. The van der Waals surface area contributed by atoms with Gasteiger partial charge in [0.15, 0.2) is 0 Å². The Balaban J connectivity index is 1.10. The highest BCUT2D eigenvalue weighted by atomic mass is 16.4. The Bertz CT molecular complexity index is 3040. The minimum Gasteiger partial charge on any atom is -0.481 e.